The molecule has 1 aromatic rings. The third-order valence-electron chi connectivity index (χ3n) is 2.40. The zero-order chi connectivity index (χ0) is 12.1. The molecule has 0 radical (unpaired) electrons. The SMILES string of the molecule is CN(C)C(=O)c1ccc(N(C)CCO)cc1. The Bertz CT molecular complexity index is 347. The van der Waals surface area contributed by atoms with Crippen LogP contribution < -0.4 is 4.90 Å². The van der Waals surface area contributed by atoms with Gasteiger partial charge in [-0.1, -0.05) is 0 Å². The Kier molecular flexibility index (Phi) is 4.31. The second-order valence-corrected chi connectivity index (χ2v) is 3.89. The average Bonchev–Trinajstić information content (AvgIpc) is 2.28. The normalized spacial score (nSPS) is 10.0. The summed E-state index contributed by atoms with van der Waals surface area (Å²) in [5.41, 5.74) is 1.66. The van der Waals surface area contributed by atoms with Crippen molar-refractivity contribution in [1.29, 1.82) is 0 Å². The Balaban J connectivity index is 2.79. The van der Waals surface area contributed by atoms with E-state index in [1.54, 1.807) is 31.1 Å². The Hall–Kier alpha value is -1.55. The number of nitrogens with zero attached hydrogens (tertiary/aromatic N) is 2. The number of likely N-dealkylation sites (N-methyl/N-ethyl adjacent to an activating group) is 1. The minimum absolute atomic E-state index is 0.00337. The molecule has 0 heterocycles. The van der Waals surface area contributed by atoms with E-state index in [1.807, 2.05) is 24.1 Å². The number of carbonyl (C=O) groups excluding carboxylic acids is 1. The number of amides is 1. The van der Waals surface area contributed by atoms with Gasteiger partial charge in [-0.2, -0.15) is 0 Å². The first-order chi connectivity index (χ1) is 7.56. The monoisotopic (exact) mass is 222 g/mol. The fourth-order valence-electron chi connectivity index (χ4n) is 1.40. The quantitative estimate of drug-likeness (QED) is 0.820. The van der Waals surface area contributed by atoms with Crippen LogP contribution in [0.5, 0.6) is 0 Å². The van der Waals surface area contributed by atoms with Crippen molar-refractivity contribution >= 4 is 11.6 Å². The predicted molar refractivity (Wildman–Crippen MR) is 64.8 cm³/mol. The lowest BCUT2D eigenvalue weighted by Gasteiger charge is -2.18. The lowest BCUT2D eigenvalue weighted by Crippen LogP contribution is -2.23. The number of anilines is 1. The molecule has 1 N–H and O–H groups in total. The maximum absolute atomic E-state index is 11.6. The number of rotatable bonds is 4. The van der Waals surface area contributed by atoms with Crippen molar-refractivity contribution in [3.05, 3.63) is 29.8 Å². The van der Waals surface area contributed by atoms with E-state index in [2.05, 4.69) is 0 Å². The second-order valence-electron chi connectivity index (χ2n) is 3.89. The van der Waals surface area contributed by atoms with Crippen LogP contribution in [0.2, 0.25) is 0 Å². The van der Waals surface area contributed by atoms with Gasteiger partial charge in [0.25, 0.3) is 5.91 Å². The number of aliphatic hydroxyl groups is 1. The zero-order valence-corrected chi connectivity index (χ0v) is 9.97. The molecule has 0 aliphatic heterocycles. The molecule has 0 unspecified atom stereocenters. The molecule has 4 nitrogen and oxygen atoms in total. The summed E-state index contributed by atoms with van der Waals surface area (Å²) in [5.74, 6) is -0.00337. The van der Waals surface area contributed by atoms with E-state index < -0.39 is 0 Å². The molecule has 0 aliphatic carbocycles. The standard InChI is InChI=1S/C12H18N2O2/c1-13(2)12(16)10-4-6-11(7-5-10)14(3)8-9-15/h4-7,15H,8-9H2,1-3H3. The van der Waals surface area contributed by atoms with Crippen LogP contribution in [0.1, 0.15) is 10.4 Å². The molecule has 0 bridgehead atoms. The Morgan fingerprint density at radius 3 is 2.19 bits per heavy atom. The summed E-state index contributed by atoms with van der Waals surface area (Å²) in [5, 5.41) is 8.81. The number of aliphatic hydroxyl groups excluding tert-OH is 1. The van der Waals surface area contributed by atoms with E-state index in [0.29, 0.717) is 12.1 Å². The number of benzene rings is 1. The van der Waals surface area contributed by atoms with E-state index in [4.69, 9.17) is 5.11 Å². The topological polar surface area (TPSA) is 43.8 Å². The van der Waals surface area contributed by atoms with Crippen molar-refractivity contribution < 1.29 is 9.90 Å². The number of hydrogen-bond donors (Lipinski definition) is 1. The highest BCUT2D eigenvalue weighted by Crippen LogP contribution is 2.14. The summed E-state index contributed by atoms with van der Waals surface area (Å²) in [6.45, 7) is 0.704. The highest BCUT2D eigenvalue weighted by Gasteiger charge is 2.07. The first-order valence-corrected chi connectivity index (χ1v) is 5.20. The van der Waals surface area contributed by atoms with Gasteiger partial charge in [0.15, 0.2) is 0 Å². The highest BCUT2D eigenvalue weighted by atomic mass is 16.3. The summed E-state index contributed by atoms with van der Waals surface area (Å²) in [7, 11) is 5.36. The average molecular weight is 222 g/mol. The predicted octanol–water partition coefficient (Wildman–Crippen LogP) is 0.817. The number of hydrogen-bond acceptors (Lipinski definition) is 3. The molecule has 0 aliphatic rings. The first kappa shape index (κ1) is 12.5. The van der Waals surface area contributed by atoms with E-state index >= 15 is 0 Å². The molecule has 0 saturated carbocycles. The lowest BCUT2D eigenvalue weighted by atomic mass is 10.2. The van der Waals surface area contributed by atoms with Gasteiger partial charge in [0, 0.05) is 38.9 Å². The Morgan fingerprint density at radius 1 is 1.19 bits per heavy atom. The van der Waals surface area contributed by atoms with Gasteiger partial charge in [-0.3, -0.25) is 4.79 Å². The van der Waals surface area contributed by atoms with Crippen molar-refractivity contribution in [3.63, 3.8) is 0 Å². The molecule has 88 valence electrons. The number of carbonyl (C=O) groups is 1. The van der Waals surface area contributed by atoms with Gasteiger partial charge < -0.3 is 14.9 Å². The summed E-state index contributed by atoms with van der Waals surface area (Å²) < 4.78 is 0. The molecule has 1 rings (SSSR count). The molecular formula is C12H18N2O2. The Labute approximate surface area is 96.1 Å². The molecule has 0 fully saturated rings. The van der Waals surface area contributed by atoms with E-state index in [1.165, 1.54) is 0 Å². The smallest absolute Gasteiger partial charge is 0.253 e. The summed E-state index contributed by atoms with van der Waals surface area (Å²) in [6.07, 6.45) is 0. The van der Waals surface area contributed by atoms with Gasteiger partial charge >= 0.3 is 0 Å². The van der Waals surface area contributed by atoms with Gasteiger partial charge in [0.1, 0.15) is 0 Å². The van der Waals surface area contributed by atoms with Crippen LogP contribution in [-0.4, -0.2) is 50.2 Å². The fraction of sp³-hybridized carbons (Fsp3) is 0.417. The van der Waals surface area contributed by atoms with Crippen molar-refractivity contribution in [2.24, 2.45) is 0 Å². The highest BCUT2D eigenvalue weighted by molar-refractivity contribution is 5.94. The molecule has 0 saturated heterocycles. The Morgan fingerprint density at radius 2 is 1.75 bits per heavy atom. The minimum Gasteiger partial charge on any atom is -0.395 e. The molecule has 16 heavy (non-hydrogen) atoms. The minimum atomic E-state index is -0.00337. The van der Waals surface area contributed by atoms with Crippen molar-refractivity contribution in [2.45, 2.75) is 0 Å². The summed E-state index contributed by atoms with van der Waals surface area (Å²) >= 11 is 0. The van der Waals surface area contributed by atoms with E-state index in [0.717, 1.165) is 5.69 Å². The van der Waals surface area contributed by atoms with Crippen LogP contribution in [0.3, 0.4) is 0 Å². The molecule has 0 atom stereocenters. The third kappa shape index (κ3) is 2.97. The van der Waals surface area contributed by atoms with Crippen molar-refractivity contribution in [3.8, 4) is 0 Å². The third-order valence-corrected chi connectivity index (χ3v) is 2.40. The van der Waals surface area contributed by atoms with Crippen LogP contribution in [0, 0.1) is 0 Å². The van der Waals surface area contributed by atoms with Crippen molar-refractivity contribution in [1.82, 2.24) is 4.90 Å². The maximum atomic E-state index is 11.6. The fourth-order valence-corrected chi connectivity index (χ4v) is 1.40. The first-order valence-electron chi connectivity index (χ1n) is 5.20. The van der Waals surface area contributed by atoms with Crippen molar-refractivity contribution in [2.75, 3.05) is 39.2 Å². The maximum Gasteiger partial charge on any atom is 0.253 e. The van der Waals surface area contributed by atoms with Gasteiger partial charge in [-0.15, -0.1) is 0 Å². The molecule has 1 amide bonds. The lowest BCUT2D eigenvalue weighted by molar-refractivity contribution is 0.0827. The van der Waals surface area contributed by atoms with Gasteiger partial charge in [-0.25, -0.2) is 0 Å². The van der Waals surface area contributed by atoms with Crippen LogP contribution >= 0.6 is 0 Å². The van der Waals surface area contributed by atoms with Gasteiger partial charge in [0.05, 0.1) is 6.61 Å². The van der Waals surface area contributed by atoms with Crippen LogP contribution in [-0.2, 0) is 0 Å². The largest absolute Gasteiger partial charge is 0.395 e. The molecule has 4 heteroatoms. The van der Waals surface area contributed by atoms with Crippen LogP contribution in [0.25, 0.3) is 0 Å². The van der Waals surface area contributed by atoms with Gasteiger partial charge in [0.2, 0.25) is 0 Å². The van der Waals surface area contributed by atoms with E-state index in [-0.39, 0.29) is 12.5 Å². The van der Waals surface area contributed by atoms with Crippen LogP contribution in [0.15, 0.2) is 24.3 Å². The molecule has 0 aromatic heterocycles. The van der Waals surface area contributed by atoms with Gasteiger partial charge in [-0.05, 0) is 24.3 Å². The zero-order valence-electron chi connectivity index (χ0n) is 9.97. The van der Waals surface area contributed by atoms with E-state index in [9.17, 15) is 4.79 Å². The summed E-state index contributed by atoms with van der Waals surface area (Å²) in [4.78, 5) is 15.1. The molecular weight excluding hydrogens is 204 g/mol. The molecule has 0 spiro atoms. The second kappa shape index (κ2) is 5.51. The van der Waals surface area contributed by atoms with Crippen LogP contribution in [0.4, 0.5) is 5.69 Å². The summed E-state index contributed by atoms with van der Waals surface area (Å²) in [6, 6.07) is 7.36. The molecule has 1 aromatic carbocycles.